The number of halogens is 3. The molecule has 3 aliphatic heterocycles. The molecular weight excluding hydrogens is 409 g/mol. The van der Waals surface area contributed by atoms with E-state index >= 15 is 0 Å². The lowest BCUT2D eigenvalue weighted by Crippen LogP contribution is -2.53. The van der Waals surface area contributed by atoms with E-state index < -0.39 is 11.7 Å². The Morgan fingerprint density at radius 2 is 1.94 bits per heavy atom. The van der Waals surface area contributed by atoms with E-state index in [1.807, 2.05) is 18.2 Å². The number of piperidine rings is 1. The average molecular weight is 432 g/mol. The highest BCUT2D eigenvalue weighted by Crippen LogP contribution is 2.41. The fourth-order valence-electron chi connectivity index (χ4n) is 4.89. The van der Waals surface area contributed by atoms with Crippen LogP contribution in [-0.4, -0.2) is 25.3 Å². The monoisotopic (exact) mass is 432 g/mol. The number of nitrogens with one attached hydrogen (secondary N) is 1. The van der Waals surface area contributed by atoms with Crippen LogP contribution in [0.3, 0.4) is 0 Å². The highest BCUT2D eigenvalue weighted by molar-refractivity contribution is 5.82. The van der Waals surface area contributed by atoms with Crippen molar-refractivity contribution in [3.63, 3.8) is 0 Å². The van der Waals surface area contributed by atoms with Gasteiger partial charge in [0, 0.05) is 24.8 Å². The fraction of sp³-hybridized carbons (Fsp3) is 0.435. The number of benzene rings is 2. The summed E-state index contributed by atoms with van der Waals surface area (Å²) in [6.45, 7) is 1.27. The van der Waals surface area contributed by atoms with Crippen LogP contribution >= 0.6 is 0 Å². The summed E-state index contributed by atoms with van der Waals surface area (Å²) < 4.78 is 50.4. The average Bonchev–Trinajstić information content (AvgIpc) is 3.24. The minimum Gasteiger partial charge on any atom is -0.454 e. The van der Waals surface area contributed by atoms with Crippen LogP contribution in [0, 0.1) is 5.92 Å². The standard InChI is InChI=1S/C23H23F3N2O3/c24-23(25,26)16-5-6-18-15(10-16)11-17(19-3-1-2-8-28(18)19)22(29)27-12-14-4-7-20-21(9-14)31-13-30-20/h4-7,9-10,17,19H,1-3,8,11-13H2,(H,27,29). The van der Waals surface area contributed by atoms with E-state index in [1.54, 1.807) is 6.07 Å². The maximum Gasteiger partial charge on any atom is 0.416 e. The first kappa shape index (κ1) is 20.0. The van der Waals surface area contributed by atoms with Crippen LogP contribution < -0.4 is 19.7 Å². The Morgan fingerprint density at radius 1 is 1.10 bits per heavy atom. The van der Waals surface area contributed by atoms with Crippen molar-refractivity contribution in [2.75, 3.05) is 18.2 Å². The number of hydrogen-bond acceptors (Lipinski definition) is 4. The largest absolute Gasteiger partial charge is 0.454 e. The minimum atomic E-state index is -4.40. The zero-order chi connectivity index (χ0) is 21.6. The molecule has 1 amide bonds. The quantitative estimate of drug-likeness (QED) is 0.787. The molecular formula is C23H23F3N2O3. The summed E-state index contributed by atoms with van der Waals surface area (Å²) in [5, 5.41) is 2.98. The topological polar surface area (TPSA) is 50.8 Å². The molecule has 5 nitrogen and oxygen atoms in total. The number of rotatable bonds is 3. The first-order chi connectivity index (χ1) is 14.9. The molecule has 0 saturated carbocycles. The number of anilines is 1. The van der Waals surface area contributed by atoms with E-state index in [1.165, 1.54) is 6.07 Å². The third-order valence-corrected chi connectivity index (χ3v) is 6.41. The van der Waals surface area contributed by atoms with Crippen LogP contribution in [0.25, 0.3) is 0 Å². The van der Waals surface area contributed by atoms with Crippen LogP contribution in [0.15, 0.2) is 36.4 Å². The number of carbonyl (C=O) groups excluding carboxylic acids is 1. The smallest absolute Gasteiger partial charge is 0.416 e. The molecule has 1 saturated heterocycles. The summed E-state index contributed by atoms with van der Waals surface area (Å²) in [7, 11) is 0. The lowest BCUT2D eigenvalue weighted by molar-refractivity contribution is -0.137. The van der Waals surface area contributed by atoms with Gasteiger partial charge in [0.1, 0.15) is 0 Å². The van der Waals surface area contributed by atoms with Gasteiger partial charge >= 0.3 is 6.18 Å². The van der Waals surface area contributed by atoms with Crippen LogP contribution in [0.1, 0.15) is 36.0 Å². The van der Waals surface area contributed by atoms with E-state index in [0.29, 0.717) is 30.0 Å². The van der Waals surface area contributed by atoms with Crippen molar-refractivity contribution in [3.8, 4) is 11.5 Å². The van der Waals surface area contributed by atoms with Crippen molar-refractivity contribution in [3.05, 3.63) is 53.1 Å². The summed E-state index contributed by atoms with van der Waals surface area (Å²) in [6.07, 6.45) is -1.23. The molecule has 2 aromatic rings. The maximum atomic E-state index is 13.2. The summed E-state index contributed by atoms with van der Waals surface area (Å²) in [6, 6.07) is 9.44. The van der Waals surface area contributed by atoms with Crippen LogP contribution in [-0.2, 0) is 23.9 Å². The van der Waals surface area contributed by atoms with Crippen LogP contribution in [0.2, 0.25) is 0 Å². The Morgan fingerprint density at radius 3 is 2.77 bits per heavy atom. The third-order valence-electron chi connectivity index (χ3n) is 6.41. The molecule has 3 heterocycles. The van der Waals surface area contributed by atoms with Crippen molar-refractivity contribution < 1.29 is 27.4 Å². The number of hydrogen-bond donors (Lipinski definition) is 1. The van der Waals surface area contributed by atoms with Gasteiger partial charge in [0.2, 0.25) is 12.7 Å². The van der Waals surface area contributed by atoms with Crippen molar-refractivity contribution in [2.45, 2.75) is 44.4 Å². The molecule has 0 bridgehead atoms. The molecule has 0 radical (unpaired) electrons. The van der Waals surface area contributed by atoms with Gasteiger partial charge < -0.3 is 19.7 Å². The molecule has 164 valence electrons. The van der Waals surface area contributed by atoms with Crippen molar-refractivity contribution >= 4 is 11.6 Å². The molecule has 2 aromatic carbocycles. The molecule has 0 aliphatic carbocycles. The van der Waals surface area contributed by atoms with E-state index in [0.717, 1.165) is 43.1 Å². The van der Waals surface area contributed by atoms with Gasteiger partial charge in [-0.3, -0.25) is 4.79 Å². The van der Waals surface area contributed by atoms with Crippen LogP contribution in [0.5, 0.6) is 11.5 Å². The molecule has 31 heavy (non-hydrogen) atoms. The van der Waals surface area contributed by atoms with Gasteiger partial charge in [0.05, 0.1) is 11.5 Å². The molecule has 5 rings (SSSR count). The first-order valence-corrected chi connectivity index (χ1v) is 10.5. The SMILES string of the molecule is O=C(NCc1ccc2c(c1)OCO2)C1Cc2cc(C(F)(F)F)ccc2N2CCCCC12. The molecule has 1 fully saturated rings. The highest BCUT2D eigenvalue weighted by Gasteiger charge is 2.41. The zero-order valence-corrected chi connectivity index (χ0v) is 16.9. The second-order valence-corrected chi connectivity index (χ2v) is 8.31. The third kappa shape index (κ3) is 3.79. The predicted molar refractivity (Wildman–Crippen MR) is 108 cm³/mol. The van der Waals surface area contributed by atoms with Crippen molar-refractivity contribution in [1.29, 1.82) is 0 Å². The summed E-state index contributed by atoms with van der Waals surface area (Å²) in [5.41, 5.74) is 1.64. The summed E-state index contributed by atoms with van der Waals surface area (Å²) in [5.74, 6) is 0.816. The summed E-state index contributed by atoms with van der Waals surface area (Å²) >= 11 is 0. The minimum absolute atomic E-state index is 0.00902. The van der Waals surface area contributed by atoms with Gasteiger partial charge in [-0.15, -0.1) is 0 Å². The number of alkyl halides is 3. The second kappa shape index (κ2) is 7.66. The molecule has 8 heteroatoms. The zero-order valence-electron chi connectivity index (χ0n) is 16.9. The lowest BCUT2D eigenvalue weighted by Gasteiger charge is -2.46. The number of amides is 1. The normalized spacial score (nSPS) is 22.0. The Bertz CT molecular complexity index is 1010. The maximum absolute atomic E-state index is 13.2. The van der Waals surface area contributed by atoms with Gasteiger partial charge in [-0.1, -0.05) is 6.07 Å². The predicted octanol–water partition coefficient (Wildman–Crippen LogP) is 4.28. The molecule has 3 aliphatic rings. The van der Waals surface area contributed by atoms with Gasteiger partial charge in [-0.05, 0) is 67.1 Å². The summed E-state index contributed by atoms with van der Waals surface area (Å²) in [4.78, 5) is 15.3. The fourth-order valence-corrected chi connectivity index (χ4v) is 4.89. The van der Waals surface area contributed by atoms with E-state index in [-0.39, 0.29) is 24.7 Å². The van der Waals surface area contributed by atoms with Gasteiger partial charge in [0.15, 0.2) is 11.5 Å². The Labute approximate surface area is 178 Å². The Hall–Kier alpha value is -2.90. The van der Waals surface area contributed by atoms with Crippen molar-refractivity contribution in [2.24, 2.45) is 5.92 Å². The molecule has 2 unspecified atom stereocenters. The number of fused-ring (bicyclic) bond motifs is 4. The number of ether oxygens (including phenoxy) is 2. The van der Waals surface area contributed by atoms with Crippen LogP contribution in [0.4, 0.5) is 18.9 Å². The van der Waals surface area contributed by atoms with E-state index in [2.05, 4.69) is 10.2 Å². The molecule has 1 N–H and O–H groups in total. The van der Waals surface area contributed by atoms with Gasteiger partial charge in [0.25, 0.3) is 0 Å². The number of nitrogens with zero attached hydrogens (tertiary/aromatic N) is 1. The van der Waals surface area contributed by atoms with Gasteiger partial charge in [-0.2, -0.15) is 13.2 Å². The van der Waals surface area contributed by atoms with E-state index in [9.17, 15) is 18.0 Å². The molecule has 0 aromatic heterocycles. The molecule has 2 atom stereocenters. The van der Waals surface area contributed by atoms with Crippen molar-refractivity contribution in [1.82, 2.24) is 5.32 Å². The van der Waals surface area contributed by atoms with E-state index in [4.69, 9.17) is 9.47 Å². The second-order valence-electron chi connectivity index (χ2n) is 8.31. The Balaban J connectivity index is 1.36. The molecule has 0 spiro atoms. The Kier molecular flexibility index (Phi) is 4.95. The highest BCUT2D eigenvalue weighted by atomic mass is 19.4. The lowest BCUT2D eigenvalue weighted by atomic mass is 9.80. The number of carbonyl (C=O) groups is 1. The van der Waals surface area contributed by atoms with Gasteiger partial charge in [-0.25, -0.2) is 0 Å². The first-order valence-electron chi connectivity index (χ1n) is 10.5.